The maximum atomic E-state index is 9.31. The molecule has 1 aliphatic rings. The van der Waals surface area contributed by atoms with Crippen LogP contribution in [0.15, 0.2) is 5.38 Å². The highest BCUT2D eigenvalue weighted by molar-refractivity contribution is 7.09. The summed E-state index contributed by atoms with van der Waals surface area (Å²) in [5, 5.41) is 16.2. The summed E-state index contributed by atoms with van der Waals surface area (Å²) >= 11 is 1.75. The van der Waals surface area contributed by atoms with E-state index in [0.29, 0.717) is 18.4 Å². The molecule has 0 aliphatic heterocycles. The van der Waals surface area contributed by atoms with Crippen molar-refractivity contribution >= 4 is 11.3 Å². The number of rotatable bonds is 5. The molecule has 0 spiro atoms. The Hall–Kier alpha value is -0.450. The van der Waals surface area contributed by atoms with Gasteiger partial charge in [-0.05, 0) is 31.2 Å². The largest absolute Gasteiger partial charge is 0.396 e. The zero-order valence-corrected chi connectivity index (χ0v) is 13.1. The summed E-state index contributed by atoms with van der Waals surface area (Å²) < 4.78 is 0. The fraction of sp³-hybridized carbons (Fsp3) is 0.800. The molecule has 0 saturated heterocycles. The molecule has 19 heavy (non-hydrogen) atoms. The Morgan fingerprint density at radius 3 is 2.74 bits per heavy atom. The lowest BCUT2D eigenvalue weighted by molar-refractivity contribution is 0.192. The molecule has 1 heterocycles. The first kappa shape index (κ1) is 14.9. The van der Waals surface area contributed by atoms with Crippen molar-refractivity contribution in [3.05, 3.63) is 16.1 Å². The zero-order chi connectivity index (χ0) is 13.9. The molecule has 2 N–H and O–H groups in total. The first-order valence-corrected chi connectivity index (χ1v) is 8.15. The van der Waals surface area contributed by atoms with Crippen LogP contribution in [0, 0.1) is 11.8 Å². The van der Waals surface area contributed by atoms with E-state index >= 15 is 0 Å². The predicted octanol–water partition coefficient (Wildman–Crippen LogP) is 2.94. The van der Waals surface area contributed by atoms with E-state index in [0.717, 1.165) is 18.8 Å². The Kier molecular flexibility index (Phi) is 4.98. The highest BCUT2D eigenvalue weighted by atomic mass is 32.1. The van der Waals surface area contributed by atoms with Gasteiger partial charge < -0.3 is 10.4 Å². The van der Waals surface area contributed by atoms with Gasteiger partial charge in [-0.3, -0.25) is 0 Å². The van der Waals surface area contributed by atoms with Gasteiger partial charge >= 0.3 is 0 Å². The molecule has 1 aliphatic carbocycles. The molecule has 108 valence electrons. The summed E-state index contributed by atoms with van der Waals surface area (Å²) in [5.41, 5.74) is 1.30. The van der Waals surface area contributed by atoms with Gasteiger partial charge in [0.25, 0.3) is 0 Å². The molecular weight excluding hydrogens is 256 g/mol. The number of thiazole rings is 1. The van der Waals surface area contributed by atoms with Crippen molar-refractivity contribution in [3.63, 3.8) is 0 Å². The quantitative estimate of drug-likeness (QED) is 0.873. The van der Waals surface area contributed by atoms with Gasteiger partial charge in [0, 0.05) is 23.9 Å². The minimum Gasteiger partial charge on any atom is -0.396 e. The fourth-order valence-electron chi connectivity index (χ4n) is 2.74. The van der Waals surface area contributed by atoms with Crippen LogP contribution in [-0.2, 0) is 12.0 Å². The number of aliphatic hydroxyl groups excluding tert-OH is 1. The highest BCUT2D eigenvalue weighted by Gasteiger charge is 2.26. The van der Waals surface area contributed by atoms with Crippen LogP contribution in [-0.4, -0.2) is 23.2 Å². The number of nitrogens with one attached hydrogen (secondary N) is 1. The molecule has 1 saturated carbocycles. The Morgan fingerprint density at radius 2 is 2.11 bits per heavy atom. The summed E-state index contributed by atoms with van der Waals surface area (Å²) in [6, 6.07) is 0. The van der Waals surface area contributed by atoms with Crippen LogP contribution in [0.25, 0.3) is 0 Å². The van der Waals surface area contributed by atoms with E-state index in [1.807, 2.05) is 0 Å². The van der Waals surface area contributed by atoms with E-state index in [1.165, 1.54) is 24.3 Å². The van der Waals surface area contributed by atoms with Gasteiger partial charge in [-0.15, -0.1) is 11.3 Å². The molecule has 1 fully saturated rings. The smallest absolute Gasteiger partial charge is 0.0982 e. The van der Waals surface area contributed by atoms with Crippen LogP contribution >= 0.6 is 11.3 Å². The van der Waals surface area contributed by atoms with E-state index in [2.05, 4.69) is 31.5 Å². The molecular formula is C15H26N2OS. The molecule has 3 nitrogen and oxygen atoms in total. The van der Waals surface area contributed by atoms with Gasteiger partial charge in [-0.1, -0.05) is 27.2 Å². The second-order valence-electron chi connectivity index (χ2n) is 6.66. The van der Waals surface area contributed by atoms with Crippen LogP contribution in [0.1, 0.15) is 50.7 Å². The lowest BCUT2D eigenvalue weighted by Gasteiger charge is -2.17. The third-order valence-electron chi connectivity index (χ3n) is 3.96. The van der Waals surface area contributed by atoms with E-state index in [-0.39, 0.29) is 5.41 Å². The molecule has 0 radical (unpaired) electrons. The average molecular weight is 282 g/mol. The second kappa shape index (κ2) is 6.33. The Balaban J connectivity index is 1.78. The summed E-state index contributed by atoms with van der Waals surface area (Å²) in [6.07, 6.45) is 3.71. The zero-order valence-electron chi connectivity index (χ0n) is 12.3. The number of nitrogens with zero attached hydrogens (tertiary/aromatic N) is 1. The first-order chi connectivity index (χ1) is 9.00. The van der Waals surface area contributed by atoms with Crippen molar-refractivity contribution in [1.82, 2.24) is 10.3 Å². The molecule has 0 amide bonds. The van der Waals surface area contributed by atoms with Crippen LogP contribution in [0.4, 0.5) is 0 Å². The van der Waals surface area contributed by atoms with E-state index < -0.39 is 0 Å². The van der Waals surface area contributed by atoms with Crippen LogP contribution in [0.2, 0.25) is 0 Å². The molecule has 1 aromatic heterocycles. The van der Waals surface area contributed by atoms with Gasteiger partial charge in [0.05, 0.1) is 10.7 Å². The molecule has 0 aromatic carbocycles. The van der Waals surface area contributed by atoms with Gasteiger partial charge in [0.1, 0.15) is 0 Å². The topological polar surface area (TPSA) is 45.2 Å². The Morgan fingerprint density at radius 1 is 1.37 bits per heavy atom. The molecule has 1 aromatic rings. The van der Waals surface area contributed by atoms with E-state index in [1.54, 1.807) is 11.3 Å². The van der Waals surface area contributed by atoms with Crippen molar-refractivity contribution in [1.29, 1.82) is 0 Å². The predicted molar refractivity (Wildman–Crippen MR) is 80.4 cm³/mol. The highest BCUT2D eigenvalue weighted by Crippen LogP contribution is 2.30. The van der Waals surface area contributed by atoms with Crippen LogP contribution in [0.5, 0.6) is 0 Å². The second-order valence-corrected chi connectivity index (χ2v) is 7.52. The fourth-order valence-corrected chi connectivity index (χ4v) is 3.65. The lowest BCUT2D eigenvalue weighted by Crippen LogP contribution is -2.26. The summed E-state index contributed by atoms with van der Waals surface area (Å²) in [6.45, 7) is 8.81. The first-order valence-electron chi connectivity index (χ1n) is 7.27. The SMILES string of the molecule is CC(C)(C)c1nc(CNCC2CCCC2CO)cs1. The number of hydrogen-bond donors (Lipinski definition) is 2. The molecule has 4 heteroatoms. The number of aliphatic hydroxyl groups is 1. The van der Waals surface area contributed by atoms with Crippen molar-refractivity contribution < 1.29 is 5.11 Å². The lowest BCUT2D eigenvalue weighted by atomic mass is 9.97. The van der Waals surface area contributed by atoms with Crippen LogP contribution in [0.3, 0.4) is 0 Å². The van der Waals surface area contributed by atoms with Gasteiger partial charge in [0.2, 0.25) is 0 Å². The standard InChI is InChI=1S/C15H26N2OS/c1-15(2,3)14-17-13(10-19-14)8-16-7-11-5-4-6-12(11)9-18/h10-12,16,18H,4-9H2,1-3H3. The molecule has 2 unspecified atom stereocenters. The Labute approximate surface area is 120 Å². The summed E-state index contributed by atoms with van der Waals surface area (Å²) in [7, 11) is 0. The average Bonchev–Trinajstić information content (AvgIpc) is 2.96. The minimum atomic E-state index is 0.149. The van der Waals surface area contributed by atoms with Gasteiger partial charge in [0.15, 0.2) is 0 Å². The maximum absolute atomic E-state index is 9.31. The molecule has 2 atom stereocenters. The van der Waals surface area contributed by atoms with Gasteiger partial charge in [-0.2, -0.15) is 0 Å². The van der Waals surface area contributed by atoms with E-state index in [9.17, 15) is 5.11 Å². The maximum Gasteiger partial charge on any atom is 0.0982 e. The summed E-state index contributed by atoms with van der Waals surface area (Å²) in [4.78, 5) is 4.69. The van der Waals surface area contributed by atoms with Crippen molar-refractivity contribution in [2.45, 2.75) is 52.0 Å². The van der Waals surface area contributed by atoms with Gasteiger partial charge in [-0.25, -0.2) is 4.98 Å². The van der Waals surface area contributed by atoms with Crippen molar-refractivity contribution in [2.24, 2.45) is 11.8 Å². The number of aromatic nitrogens is 1. The van der Waals surface area contributed by atoms with Crippen molar-refractivity contribution in [2.75, 3.05) is 13.2 Å². The Bertz CT molecular complexity index is 397. The van der Waals surface area contributed by atoms with Crippen molar-refractivity contribution in [3.8, 4) is 0 Å². The van der Waals surface area contributed by atoms with E-state index in [4.69, 9.17) is 4.98 Å². The molecule has 2 rings (SSSR count). The monoisotopic (exact) mass is 282 g/mol. The third-order valence-corrected chi connectivity index (χ3v) is 5.27. The normalized spacial score (nSPS) is 24.0. The number of hydrogen-bond acceptors (Lipinski definition) is 4. The summed E-state index contributed by atoms with van der Waals surface area (Å²) in [5.74, 6) is 1.15. The van der Waals surface area contributed by atoms with Crippen LogP contribution < -0.4 is 5.32 Å². The third kappa shape index (κ3) is 4.01. The minimum absolute atomic E-state index is 0.149. The molecule has 0 bridgehead atoms.